The Labute approximate surface area is 97.2 Å². The van der Waals surface area contributed by atoms with Crippen molar-refractivity contribution in [3.05, 3.63) is 11.9 Å². The highest BCUT2D eigenvalue weighted by Gasteiger charge is 2.31. The summed E-state index contributed by atoms with van der Waals surface area (Å²) in [7, 11) is 1.76. The molecule has 2 unspecified atom stereocenters. The van der Waals surface area contributed by atoms with Gasteiger partial charge in [-0.05, 0) is 0 Å². The summed E-state index contributed by atoms with van der Waals surface area (Å²) in [6.45, 7) is 2.11. The fourth-order valence-electron chi connectivity index (χ4n) is 1.58. The molecule has 0 N–H and O–H groups in total. The Balaban J connectivity index is 2.17. The minimum atomic E-state index is 0.0564. The number of carbonyl (C=O) groups excluding carboxylic acids is 1. The molecule has 0 aromatic carbocycles. The van der Waals surface area contributed by atoms with Gasteiger partial charge in [0.25, 0.3) is 0 Å². The summed E-state index contributed by atoms with van der Waals surface area (Å²) in [5.74, 6) is 2.35. The lowest BCUT2D eigenvalue weighted by atomic mass is 10.2. The summed E-state index contributed by atoms with van der Waals surface area (Å²) in [5, 5.41) is 7.96. The van der Waals surface area contributed by atoms with Crippen molar-refractivity contribution in [1.29, 1.82) is 0 Å². The fraction of sp³-hybridized carbons (Fsp3) is 0.667. The number of ketones is 1. The van der Waals surface area contributed by atoms with E-state index in [1.807, 2.05) is 11.8 Å². The van der Waals surface area contributed by atoms with Crippen molar-refractivity contribution in [3.63, 3.8) is 0 Å². The van der Waals surface area contributed by atoms with Crippen molar-refractivity contribution in [3.8, 4) is 0 Å². The highest BCUT2D eigenvalue weighted by atomic mass is 32.2. The Morgan fingerprint density at radius 1 is 1.53 bits per heavy atom. The number of rotatable bonds is 2. The molecule has 0 spiro atoms. The van der Waals surface area contributed by atoms with Crippen LogP contribution in [-0.2, 0) is 7.05 Å². The van der Waals surface area contributed by atoms with Crippen molar-refractivity contribution < 1.29 is 4.79 Å². The van der Waals surface area contributed by atoms with Crippen LogP contribution in [0.4, 0.5) is 0 Å². The van der Waals surface area contributed by atoms with Crippen LogP contribution in [0.3, 0.4) is 0 Å². The molecule has 0 amide bonds. The third-order valence-corrected chi connectivity index (χ3v) is 5.50. The van der Waals surface area contributed by atoms with E-state index >= 15 is 0 Å². The van der Waals surface area contributed by atoms with Crippen LogP contribution in [0.25, 0.3) is 0 Å². The number of hydrogen-bond donors (Lipinski definition) is 0. The second kappa shape index (κ2) is 4.57. The Morgan fingerprint density at radius 2 is 2.27 bits per heavy atom. The number of nitrogens with zero attached hydrogens (tertiary/aromatic N) is 3. The molecule has 6 heteroatoms. The molecule has 1 aromatic heterocycles. The standard InChI is InChI=1S/C9H13N3OS2/c1-6-9(15-4-3-14-6)8(13)7-5-10-11-12(7)2/h5-6,9H,3-4H2,1-2H3. The molecular weight excluding hydrogens is 230 g/mol. The zero-order valence-electron chi connectivity index (χ0n) is 8.71. The second-order valence-electron chi connectivity index (χ2n) is 3.47. The molecule has 1 aromatic rings. The lowest BCUT2D eigenvalue weighted by Crippen LogP contribution is -2.32. The predicted molar refractivity (Wildman–Crippen MR) is 63.5 cm³/mol. The molecule has 2 atom stereocenters. The lowest BCUT2D eigenvalue weighted by molar-refractivity contribution is 0.0980. The van der Waals surface area contributed by atoms with Crippen LogP contribution in [0, 0.1) is 0 Å². The summed E-state index contributed by atoms with van der Waals surface area (Å²) < 4.78 is 1.55. The van der Waals surface area contributed by atoms with Gasteiger partial charge in [0.15, 0.2) is 5.78 Å². The zero-order chi connectivity index (χ0) is 10.8. The van der Waals surface area contributed by atoms with Gasteiger partial charge in [-0.1, -0.05) is 12.1 Å². The maximum absolute atomic E-state index is 12.2. The Morgan fingerprint density at radius 3 is 2.87 bits per heavy atom. The van der Waals surface area contributed by atoms with E-state index in [4.69, 9.17) is 0 Å². The Bertz CT molecular complexity index is 366. The van der Waals surface area contributed by atoms with Crippen LogP contribution >= 0.6 is 23.5 Å². The highest BCUT2D eigenvalue weighted by Crippen LogP contribution is 2.32. The van der Waals surface area contributed by atoms with Gasteiger partial charge in [0.1, 0.15) is 5.69 Å². The molecule has 1 aliphatic heterocycles. The van der Waals surface area contributed by atoms with Gasteiger partial charge < -0.3 is 0 Å². The van der Waals surface area contributed by atoms with E-state index in [1.54, 1.807) is 29.7 Å². The molecule has 2 heterocycles. The average molecular weight is 243 g/mol. The van der Waals surface area contributed by atoms with Gasteiger partial charge >= 0.3 is 0 Å². The van der Waals surface area contributed by atoms with Gasteiger partial charge in [-0.3, -0.25) is 4.79 Å². The first-order valence-electron chi connectivity index (χ1n) is 4.82. The Hall–Kier alpha value is -0.490. The van der Waals surface area contributed by atoms with Crippen LogP contribution < -0.4 is 0 Å². The molecule has 82 valence electrons. The van der Waals surface area contributed by atoms with Gasteiger partial charge in [-0.25, -0.2) is 4.68 Å². The van der Waals surface area contributed by atoms with Crippen molar-refractivity contribution in [1.82, 2.24) is 15.0 Å². The predicted octanol–water partition coefficient (Wildman–Crippen LogP) is 1.23. The maximum Gasteiger partial charge on any atom is 0.196 e. The minimum absolute atomic E-state index is 0.0564. The lowest BCUT2D eigenvalue weighted by Gasteiger charge is -2.26. The molecule has 1 saturated heterocycles. The van der Waals surface area contributed by atoms with Crippen LogP contribution in [0.1, 0.15) is 17.4 Å². The van der Waals surface area contributed by atoms with Crippen LogP contribution in [-0.4, -0.2) is 42.8 Å². The molecule has 4 nitrogen and oxygen atoms in total. The monoisotopic (exact) mass is 243 g/mol. The number of aromatic nitrogens is 3. The van der Waals surface area contributed by atoms with Crippen molar-refractivity contribution in [2.75, 3.05) is 11.5 Å². The van der Waals surface area contributed by atoms with Gasteiger partial charge in [-0.2, -0.15) is 11.8 Å². The molecule has 0 radical (unpaired) electrons. The topological polar surface area (TPSA) is 47.8 Å². The number of thioether (sulfide) groups is 2. The van der Waals surface area contributed by atoms with E-state index in [2.05, 4.69) is 17.2 Å². The molecular formula is C9H13N3OS2. The van der Waals surface area contributed by atoms with Crippen molar-refractivity contribution in [2.45, 2.75) is 17.4 Å². The quantitative estimate of drug-likeness (QED) is 0.731. The molecule has 15 heavy (non-hydrogen) atoms. The number of aryl methyl sites for hydroxylation is 1. The molecule has 1 fully saturated rings. The molecule has 2 rings (SSSR count). The average Bonchev–Trinajstić information content (AvgIpc) is 2.64. The summed E-state index contributed by atoms with van der Waals surface area (Å²) in [4.78, 5) is 12.2. The van der Waals surface area contributed by atoms with E-state index in [1.165, 1.54) is 0 Å². The van der Waals surface area contributed by atoms with E-state index in [-0.39, 0.29) is 11.0 Å². The fourth-order valence-corrected chi connectivity index (χ4v) is 4.29. The van der Waals surface area contributed by atoms with Crippen molar-refractivity contribution >= 4 is 29.3 Å². The summed E-state index contributed by atoms with van der Waals surface area (Å²) >= 11 is 3.61. The van der Waals surface area contributed by atoms with Crippen LogP contribution in [0.15, 0.2) is 6.20 Å². The third kappa shape index (κ3) is 2.20. The van der Waals surface area contributed by atoms with Gasteiger partial charge in [0.05, 0.1) is 11.4 Å². The second-order valence-corrected chi connectivity index (χ2v) is 6.21. The van der Waals surface area contributed by atoms with Crippen molar-refractivity contribution in [2.24, 2.45) is 7.05 Å². The maximum atomic E-state index is 12.2. The van der Waals surface area contributed by atoms with Crippen LogP contribution in [0.2, 0.25) is 0 Å². The first kappa shape index (κ1) is 11.0. The van der Waals surface area contributed by atoms with Crippen LogP contribution in [0.5, 0.6) is 0 Å². The van der Waals surface area contributed by atoms with Gasteiger partial charge in [0.2, 0.25) is 0 Å². The van der Waals surface area contributed by atoms with E-state index in [0.29, 0.717) is 10.9 Å². The molecule has 0 saturated carbocycles. The van der Waals surface area contributed by atoms with E-state index in [0.717, 1.165) is 11.5 Å². The normalized spacial score (nSPS) is 26.5. The largest absolute Gasteiger partial charge is 0.291 e. The summed E-state index contributed by atoms with van der Waals surface area (Å²) in [6.07, 6.45) is 1.55. The number of hydrogen-bond acceptors (Lipinski definition) is 5. The van der Waals surface area contributed by atoms with E-state index in [9.17, 15) is 4.79 Å². The summed E-state index contributed by atoms with van der Waals surface area (Å²) in [6, 6.07) is 0. The smallest absolute Gasteiger partial charge is 0.196 e. The first-order valence-corrected chi connectivity index (χ1v) is 6.92. The highest BCUT2D eigenvalue weighted by molar-refractivity contribution is 8.07. The third-order valence-electron chi connectivity index (χ3n) is 2.41. The first-order chi connectivity index (χ1) is 7.20. The van der Waals surface area contributed by atoms with E-state index < -0.39 is 0 Å². The minimum Gasteiger partial charge on any atom is -0.291 e. The Kier molecular flexibility index (Phi) is 3.35. The van der Waals surface area contributed by atoms with Gasteiger partial charge in [0, 0.05) is 23.8 Å². The zero-order valence-corrected chi connectivity index (χ0v) is 10.3. The summed E-state index contributed by atoms with van der Waals surface area (Å²) in [5.41, 5.74) is 0.613. The SMILES string of the molecule is CC1SCCSC1C(=O)c1cnnn1C. The number of Topliss-reactive ketones (excluding diaryl/α,β-unsaturated/α-hetero) is 1. The van der Waals surface area contributed by atoms with Gasteiger partial charge in [-0.15, -0.1) is 16.9 Å². The molecule has 0 bridgehead atoms. The molecule has 0 aliphatic carbocycles. The number of carbonyl (C=O) groups is 1. The molecule has 1 aliphatic rings.